The van der Waals surface area contributed by atoms with Crippen LogP contribution in [0.25, 0.3) is 22.8 Å². The molecule has 102 valence electrons. The Balaban J connectivity index is 1.87. The van der Waals surface area contributed by atoms with Crippen molar-refractivity contribution in [1.29, 1.82) is 0 Å². The lowest BCUT2D eigenvalue weighted by Crippen LogP contribution is -1.82. The Morgan fingerprint density at radius 3 is 2.85 bits per heavy atom. The van der Waals surface area contributed by atoms with Crippen molar-refractivity contribution in [1.82, 2.24) is 20.3 Å². The van der Waals surface area contributed by atoms with E-state index < -0.39 is 0 Å². The number of hydrogen-bond donors (Lipinski definition) is 1. The highest BCUT2D eigenvalue weighted by Crippen LogP contribution is 2.23. The Labute approximate surface area is 118 Å². The minimum absolute atomic E-state index is 0.275. The highest BCUT2D eigenvalue weighted by Gasteiger charge is 2.12. The van der Waals surface area contributed by atoms with Gasteiger partial charge in [-0.3, -0.25) is 5.10 Å². The van der Waals surface area contributed by atoms with Crippen LogP contribution in [0.1, 0.15) is 5.82 Å². The summed E-state index contributed by atoms with van der Waals surface area (Å²) in [5, 5.41) is 10.9. The van der Waals surface area contributed by atoms with E-state index in [4.69, 9.17) is 4.52 Å². The van der Waals surface area contributed by atoms with E-state index in [9.17, 15) is 4.39 Å². The molecule has 20 heavy (non-hydrogen) atoms. The van der Waals surface area contributed by atoms with Crippen molar-refractivity contribution in [2.75, 3.05) is 6.26 Å². The zero-order valence-electron chi connectivity index (χ0n) is 10.6. The number of nitrogens with one attached hydrogen (secondary N) is 1. The van der Waals surface area contributed by atoms with Crippen LogP contribution in [-0.4, -0.2) is 26.6 Å². The number of rotatable bonds is 4. The maximum Gasteiger partial charge on any atom is 0.275 e. The lowest BCUT2D eigenvalue weighted by atomic mass is 10.1. The fourth-order valence-electron chi connectivity index (χ4n) is 1.75. The molecule has 0 aliphatic rings. The van der Waals surface area contributed by atoms with E-state index in [0.29, 0.717) is 28.9 Å². The second-order valence-electron chi connectivity index (χ2n) is 4.12. The molecule has 0 atom stereocenters. The van der Waals surface area contributed by atoms with Crippen molar-refractivity contribution in [3.8, 4) is 22.8 Å². The van der Waals surface area contributed by atoms with Gasteiger partial charge in [0.15, 0.2) is 5.82 Å². The number of H-pyrrole nitrogens is 1. The zero-order valence-corrected chi connectivity index (χ0v) is 11.4. The summed E-state index contributed by atoms with van der Waals surface area (Å²) in [5.74, 6) is 1.46. The molecule has 7 heteroatoms. The quantitative estimate of drug-likeness (QED) is 0.799. The van der Waals surface area contributed by atoms with E-state index in [1.807, 2.05) is 6.26 Å². The molecule has 0 bridgehead atoms. The first-order chi connectivity index (χ1) is 9.76. The van der Waals surface area contributed by atoms with E-state index in [2.05, 4.69) is 20.3 Å². The van der Waals surface area contributed by atoms with Crippen LogP contribution in [0.2, 0.25) is 0 Å². The summed E-state index contributed by atoms with van der Waals surface area (Å²) in [6, 6.07) is 7.92. The summed E-state index contributed by atoms with van der Waals surface area (Å²) in [6.07, 6.45) is 1.97. The fourth-order valence-corrected chi connectivity index (χ4v) is 2.13. The Hall–Kier alpha value is -2.15. The summed E-state index contributed by atoms with van der Waals surface area (Å²) < 4.78 is 18.1. The lowest BCUT2D eigenvalue weighted by molar-refractivity contribution is 0.424. The van der Waals surface area contributed by atoms with Gasteiger partial charge in [0.05, 0.1) is 11.4 Å². The molecule has 0 saturated carbocycles. The number of aromatic amines is 1. The molecule has 0 fully saturated rings. The van der Waals surface area contributed by atoms with Crippen LogP contribution in [0.4, 0.5) is 4.39 Å². The van der Waals surface area contributed by atoms with Crippen molar-refractivity contribution in [3.63, 3.8) is 0 Å². The number of aromatic nitrogens is 4. The van der Waals surface area contributed by atoms with Gasteiger partial charge in [0, 0.05) is 5.56 Å². The molecule has 0 spiro atoms. The Morgan fingerprint density at radius 1 is 1.30 bits per heavy atom. The van der Waals surface area contributed by atoms with E-state index in [-0.39, 0.29) is 5.82 Å². The average molecular weight is 290 g/mol. The van der Waals surface area contributed by atoms with Gasteiger partial charge in [0.2, 0.25) is 0 Å². The summed E-state index contributed by atoms with van der Waals surface area (Å²) in [4.78, 5) is 4.26. The van der Waals surface area contributed by atoms with Gasteiger partial charge in [-0.05, 0) is 36.6 Å². The first-order valence-corrected chi connectivity index (χ1v) is 7.29. The second-order valence-corrected chi connectivity index (χ2v) is 4.99. The average Bonchev–Trinajstić information content (AvgIpc) is 3.08. The SMILES string of the molecule is CSCc1noc(-c2cc(-c3ccc(F)cc3)n[nH]2)n1. The number of benzene rings is 1. The monoisotopic (exact) mass is 290 g/mol. The van der Waals surface area contributed by atoms with Crippen LogP contribution < -0.4 is 0 Å². The second kappa shape index (κ2) is 5.46. The van der Waals surface area contributed by atoms with Gasteiger partial charge in [-0.15, -0.1) is 0 Å². The van der Waals surface area contributed by atoms with Crippen molar-refractivity contribution >= 4 is 11.8 Å². The van der Waals surface area contributed by atoms with Gasteiger partial charge in [-0.1, -0.05) is 5.16 Å². The highest BCUT2D eigenvalue weighted by molar-refractivity contribution is 7.97. The molecule has 2 heterocycles. The number of thioether (sulfide) groups is 1. The third-order valence-electron chi connectivity index (χ3n) is 2.69. The van der Waals surface area contributed by atoms with Crippen molar-refractivity contribution in [3.05, 3.63) is 42.0 Å². The molecule has 3 aromatic rings. The number of hydrogen-bond acceptors (Lipinski definition) is 5. The predicted octanol–water partition coefficient (Wildman–Crippen LogP) is 3.13. The molecule has 0 aliphatic carbocycles. The van der Waals surface area contributed by atoms with Crippen LogP contribution in [0.5, 0.6) is 0 Å². The van der Waals surface area contributed by atoms with E-state index in [0.717, 1.165) is 5.56 Å². The minimum Gasteiger partial charge on any atom is -0.332 e. The molecule has 0 unspecified atom stereocenters. The Kier molecular flexibility index (Phi) is 3.51. The normalized spacial score (nSPS) is 10.9. The maximum absolute atomic E-state index is 12.9. The van der Waals surface area contributed by atoms with Crippen LogP contribution in [0, 0.1) is 5.82 Å². The Bertz CT molecular complexity index is 707. The molecule has 1 aromatic carbocycles. The van der Waals surface area contributed by atoms with E-state index >= 15 is 0 Å². The van der Waals surface area contributed by atoms with Crippen LogP contribution in [-0.2, 0) is 5.75 Å². The Morgan fingerprint density at radius 2 is 2.10 bits per heavy atom. The summed E-state index contributed by atoms with van der Waals surface area (Å²) in [7, 11) is 0. The van der Waals surface area contributed by atoms with E-state index in [1.165, 1.54) is 12.1 Å². The molecule has 5 nitrogen and oxygen atoms in total. The molecular formula is C13H11FN4OS. The molecule has 0 saturated heterocycles. The molecule has 0 radical (unpaired) electrons. The number of nitrogens with zero attached hydrogens (tertiary/aromatic N) is 3. The standard InChI is InChI=1S/C13H11FN4OS/c1-20-7-12-15-13(19-18-12)11-6-10(16-17-11)8-2-4-9(14)5-3-8/h2-6H,7H2,1H3,(H,16,17). The van der Waals surface area contributed by atoms with Gasteiger partial charge in [0.25, 0.3) is 5.89 Å². The molecule has 1 N–H and O–H groups in total. The molecule has 3 rings (SSSR count). The van der Waals surface area contributed by atoms with Crippen molar-refractivity contribution < 1.29 is 8.91 Å². The molecule has 2 aromatic heterocycles. The summed E-state index contributed by atoms with van der Waals surface area (Å²) in [6.45, 7) is 0. The van der Waals surface area contributed by atoms with Gasteiger partial charge in [-0.2, -0.15) is 21.8 Å². The largest absolute Gasteiger partial charge is 0.332 e. The minimum atomic E-state index is -0.275. The van der Waals surface area contributed by atoms with Gasteiger partial charge < -0.3 is 4.52 Å². The third-order valence-corrected chi connectivity index (χ3v) is 3.24. The fraction of sp³-hybridized carbons (Fsp3) is 0.154. The topological polar surface area (TPSA) is 67.6 Å². The van der Waals surface area contributed by atoms with Crippen LogP contribution >= 0.6 is 11.8 Å². The summed E-state index contributed by atoms with van der Waals surface area (Å²) >= 11 is 1.62. The lowest BCUT2D eigenvalue weighted by Gasteiger charge is -1.94. The zero-order chi connectivity index (χ0) is 13.9. The molecule has 0 amide bonds. The van der Waals surface area contributed by atoms with Gasteiger partial charge in [0.1, 0.15) is 11.5 Å². The smallest absolute Gasteiger partial charge is 0.275 e. The first kappa shape index (κ1) is 12.9. The third kappa shape index (κ3) is 2.57. The summed E-state index contributed by atoms with van der Waals surface area (Å²) in [5.41, 5.74) is 2.16. The molecular weight excluding hydrogens is 279 g/mol. The van der Waals surface area contributed by atoms with Gasteiger partial charge >= 0.3 is 0 Å². The number of halogens is 1. The highest BCUT2D eigenvalue weighted by atomic mass is 32.2. The van der Waals surface area contributed by atoms with Crippen LogP contribution in [0.3, 0.4) is 0 Å². The van der Waals surface area contributed by atoms with E-state index in [1.54, 1.807) is 30.0 Å². The van der Waals surface area contributed by atoms with Gasteiger partial charge in [-0.25, -0.2) is 4.39 Å². The predicted molar refractivity (Wildman–Crippen MR) is 74.5 cm³/mol. The molecule has 0 aliphatic heterocycles. The van der Waals surface area contributed by atoms with Crippen molar-refractivity contribution in [2.45, 2.75) is 5.75 Å². The van der Waals surface area contributed by atoms with Crippen molar-refractivity contribution in [2.24, 2.45) is 0 Å². The maximum atomic E-state index is 12.9. The first-order valence-electron chi connectivity index (χ1n) is 5.89. The van der Waals surface area contributed by atoms with Crippen LogP contribution in [0.15, 0.2) is 34.9 Å².